The Balaban J connectivity index is 2.69. The van der Waals surface area contributed by atoms with E-state index in [4.69, 9.17) is 0 Å². The molecule has 0 amide bonds. The average molecular weight is 289 g/mol. The van der Waals surface area contributed by atoms with E-state index in [1.807, 2.05) is 7.05 Å². The van der Waals surface area contributed by atoms with Crippen molar-refractivity contribution in [3.63, 3.8) is 0 Å². The van der Waals surface area contributed by atoms with Crippen LogP contribution in [0.25, 0.3) is 0 Å². The number of rotatable bonds is 3. The first-order valence-corrected chi connectivity index (χ1v) is 5.55. The summed E-state index contributed by atoms with van der Waals surface area (Å²) in [4.78, 5) is 0. The second kappa shape index (κ2) is 4.42. The Hall–Kier alpha value is -0.0900. The molecule has 0 heterocycles. The Bertz CT molecular complexity index is 264. The topological polar surface area (TPSA) is 12.0 Å². The molecule has 72 valence electrons. The molecule has 0 spiro atoms. The van der Waals surface area contributed by atoms with Crippen LogP contribution in [0.15, 0.2) is 24.3 Å². The van der Waals surface area contributed by atoms with Gasteiger partial charge in [-0.2, -0.15) is 0 Å². The monoisotopic (exact) mass is 289 g/mol. The van der Waals surface area contributed by atoms with Gasteiger partial charge in [-0.25, -0.2) is 0 Å². The van der Waals surface area contributed by atoms with Crippen LogP contribution in [-0.4, -0.2) is 12.6 Å². The van der Waals surface area contributed by atoms with Crippen LogP contribution in [0, 0.1) is 3.57 Å². The van der Waals surface area contributed by atoms with Gasteiger partial charge >= 0.3 is 0 Å². The molecule has 0 radical (unpaired) electrons. The van der Waals surface area contributed by atoms with Crippen molar-refractivity contribution in [2.75, 3.05) is 7.05 Å². The minimum atomic E-state index is 0.187. The van der Waals surface area contributed by atoms with Gasteiger partial charge in [0.25, 0.3) is 0 Å². The number of hydrogen-bond acceptors (Lipinski definition) is 1. The summed E-state index contributed by atoms with van der Waals surface area (Å²) in [5.41, 5.74) is 1.58. The fraction of sp³-hybridized carbons (Fsp3) is 0.455. The van der Waals surface area contributed by atoms with E-state index in [0.29, 0.717) is 0 Å². The van der Waals surface area contributed by atoms with Gasteiger partial charge in [0, 0.05) is 9.11 Å². The summed E-state index contributed by atoms with van der Waals surface area (Å²) in [5.74, 6) is 0. The van der Waals surface area contributed by atoms with Gasteiger partial charge in [-0.05, 0) is 67.6 Å². The lowest BCUT2D eigenvalue weighted by Crippen LogP contribution is -2.38. The molecule has 0 aliphatic rings. The van der Waals surface area contributed by atoms with E-state index in [1.165, 1.54) is 9.13 Å². The van der Waals surface area contributed by atoms with Gasteiger partial charge in [-0.15, -0.1) is 0 Å². The molecule has 0 aromatic heterocycles. The van der Waals surface area contributed by atoms with Crippen molar-refractivity contribution in [3.05, 3.63) is 33.4 Å². The zero-order chi connectivity index (χ0) is 9.90. The Morgan fingerprint density at radius 3 is 2.23 bits per heavy atom. The standard InChI is InChI=1S/C11H16IN/c1-11(2,13-3)8-9-4-6-10(12)7-5-9/h4-7,13H,8H2,1-3H3. The quantitative estimate of drug-likeness (QED) is 0.844. The first-order valence-electron chi connectivity index (χ1n) is 4.47. The first-order chi connectivity index (χ1) is 6.03. The van der Waals surface area contributed by atoms with Crippen molar-refractivity contribution >= 4 is 22.6 Å². The van der Waals surface area contributed by atoms with Gasteiger partial charge in [-0.3, -0.25) is 0 Å². The van der Waals surface area contributed by atoms with E-state index < -0.39 is 0 Å². The molecule has 2 heteroatoms. The van der Waals surface area contributed by atoms with Crippen molar-refractivity contribution in [1.29, 1.82) is 0 Å². The lowest BCUT2D eigenvalue weighted by molar-refractivity contribution is 0.422. The van der Waals surface area contributed by atoms with E-state index in [0.717, 1.165) is 6.42 Å². The summed E-state index contributed by atoms with van der Waals surface area (Å²) >= 11 is 2.33. The molecule has 1 aromatic rings. The van der Waals surface area contributed by atoms with Crippen LogP contribution in [0.1, 0.15) is 19.4 Å². The molecule has 0 saturated heterocycles. The van der Waals surface area contributed by atoms with Crippen LogP contribution in [0.5, 0.6) is 0 Å². The van der Waals surface area contributed by atoms with Gasteiger partial charge in [0.05, 0.1) is 0 Å². The predicted molar refractivity (Wildman–Crippen MR) is 66.0 cm³/mol. The molecular formula is C11H16IN. The minimum absolute atomic E-state index is 0.187. The van der Waals surface area contributed by atoms with Gasteiger partial charge in [0.2, 0.25) is 0 Å². The van der Waals surface area contributed by atoms with Gasteiger partial charge in [0.15, 0.2) is 0 Å². The highest BCUT2D eigenvalue weighted by molar-refractivity contribution is 14.1. The molecule has 1 N–H and O–H groups in total. The zero-order valence-corrected chi connectivity index (χ0v) is 10.6. The second-order valence-electron chi connectivity index (χ2n) is 3.94. The van der Waals surface area contributed by atoms with Crippen LogP contribution in [0.4, 0.5) is 0 Å². The average Bonchev–Trinajstić information content (AvgIpc) is 2.09. The van der Waals surface area contributed by atoms with Crippen LogP contribution < -0.4 is 5.32 Å². The Morgan fingerprint density at radius 2 is 1.77 bits per heavy atom. The molecule has 0 unspecified atom stereocenters. The fourth-order valence-electron chi connectivity index (χ4n) is 1.20. The molecule has 0 aliphatic heterocycles. The molecule has 1 aromatic carbocycles. The van der Waals surface area contributed by atoms with Crippen molar-refractivity contribution in [2.45, 2.75) is 25.8 Å². The highest BCUT2D eigenvalue weighted by atomic mass is 127. The Morgan fingerprint density at radius 1 is 1.23 bits per heavy atom. The summed E-state index contributed by atoms with van der Waals surface area (Å²) in [6, 6.07) is 8.70. The lowest BCUT2D eigenvalue weighted by Gasteiger charge is -2.23. The van der Waals surface area contributed by atoms with Crippen molar-refractivity contribution < 1.29 is 0 Å². The third-order valence-electron chi connectivity index (χ3n) is 2.24. The number of nitrogens with one attached hydrogen (secondary N) is 1. The normalized spacial score (nSPS) is 11.7. The molecule has 13 heavy (non-hydrogen) atoms. The smallest absolute Gasteiger partial charge is 0.0162 e. The van der Waals surface area contributed by atoms with E-state index in [-0.39, 0.29) is 5.54 Å². The van der Waals surface area contributed by atoms with Crippen molar-refractivity contribution in [2.24, 2.45) is 0 Å². The van der Waals surface area contributed by atoms with E-state index in [2.05, 4.69) is 66.0 Å². The maximum atomic E-state index is 3.30. The molecule has 0 saturated carbocycles. The third kappa shape index (κ3) is 3.65. The van der Waals surface area contributed by atoms with Gasteiger partial charge < -0.3 is 5.32 Å². The highest BCUT2D eigenvalue weighted by Gasteiger charge is 2.14. The largest absolute Gasteiger partial charge is 0.314 e. The number of likely N-dealkylation sites (N-methyl/N-ethyl adjacent to an activating group) is 1. The van der Waals surface area contributed by atoms with E-state index in [1.54, 1.807) is 0 Å². The number of halogens is 1. The fourth-order valence-corrected chi connectivity index (χ4v) is 1.56. The highest BCUT2D eigenvalue weighted by Crippen LogP contribution is 2.13. The van der Waals surface area contributed by atoms with Crippen LogP contribution in [0.3, 0.4) is 0 Å². The SMILES string of the molecule is CNC(C)(C)Cc1ccc(I)cc1. The number of benzene rings is 1. The first kappa shape index (κ1) is 11.0. The number of hydrogen-bond donors (Lipinski definition) is 1. The lowest BCUT2D eigenvalue weighted by atomic mass is 9.95. The van der Waals surface area contributed by atoms with Gasteiger partial charge in [0.1, 0.15) is 0 Å². The van der Waals surface area contributed by atoms with Crippen LogP contribution in [0.2, 0.25) is 0 Å². The molecule has 0 bridgehead atoms. The summed E-state index contributed by atoms with van der Waals surface area (Å²) in [5, 5.41) is 3.30. The molecule has 0 aliphatic carbocycles. The Labute approximate surface area is 94.1 Å². The zero-order valence-electron chi connectivity index (χ0n) is 8.39. The van der Waals surface area contributed by atoms with Crippen LogP contribution in [-0.2, 0) is 6.42 Å². The summed E-state index contributed by atoms with van der Waals surface area (Å²) < 4.78 is 1.30. The summed E-state index contributed by atoms with van der Waals surface area (Å²) in [6.07, 6.45) is 1.07. The van der Waals surface area contributed by atoms with Crippen molar-refractivity contribution in [3.8, 4) is 0 Å². The predicted octanol–water partition coefficient (Wildman–Crippen LogP) is 2.83. The maximum Gasteiger partial charge on any atom is 0.0162 e. The Kier molecular flexibility index (Phi) is 3.74. The third-order valence-corrected chi connectivity index (χ3v) is 2.96. The van der Waals surface area contributed by atoms with Gasteiger partial charge in [-0.1, -0.05) is 12.1 Å². The molecule has 1 rings (SSSR count). The summed E-state index contributed by atoms with van der Waals surface area (Å²) in [6.45, 7) is 4.43. The molecule has 0 atom stereocenters. The molecular weight excluding hydrogens is 273 g/mol. The summed E-state index contributed by atoms with van der Waals surface area (Å²) in [7, 11) is 2.01. The molecule has 1 nitrogen and oxygen atoms in total. The van der Waals surface area contributed by atoms with Crippen LogP contribution >= 0.6 is 22.6 Å². The second-order valence-corrected chi connectivity index (χ2v) is 5.18. The maximum absolute atomic E-state index is 3.30. The van der Waals surface area contributed by atoms with E-state index in [9.17, 15) is 0 Å². The minimum Gasteiger partial charge on any atom is -0.314 e. The molecule has 0 fully saturated rings. The van der Waals surface area contributed by atoms with Crippen molar-refractivity contribution in [1.82, 2.24) is 5.32 Å². The van der Waals surface area contributed by atoms with E-state index >= 15 is 0 Å².